The first-order valence-corrected chi connectivity index (χ1v) is 10.3. The van der Waals surface area contributed by atoms with Crippen molar-refractivity contribution in [1.82, 2.24) is 5.01 Å². The quantitative estimate of drug-likeness (QED) is 0.461. The van der Waals surface area contributed by atoms with Gasteiger partial charge in [0.2, 0.25) is 0 Å². The van der Waals surface area contributed by atoms with E-state index in [2.05, 4.69) is 21.0 Å². The lowest BCUT2D eigenvalue weighted by atomic mass is 9.97. The fourth-order valence-electron chi connectivity index (χ4n) is 3.43. The maximum absolute atomic E-state index is 13.2. The molecule has 154 valence electrons. The molecule has 0 aliphatic carbocycles. The van der Waals surface area contributed by atoms with Gasteiger partial charge in [-0.25, -0.2) is 5.01 Å². The summed E-state index contributed by atoms with van der Waals surface area (Å²) < 4.78 is 16.8. The molecule has 6 nitrogen and oxygen atoms in total. The van der Waals surface area contributed by atoms with Crippen LogP contribution in [-0.4, -0.2) is 30.8 Å². The van der Waals surface area contributed by atoms with Gasteiger partial charge in [-0.05, 0) is 57.9 Å². The van der Waals surface area contributed by atoms with E-state index in [1.165, 1.54) is 5.01 Å². The highest BCUT2D eigenvalue weighted by atomic mass is 79.9. The summed E-state index contributed by atoms with van der Waals surface area (Å²) in [5, 5.41) is 6.64. The van der Waals surface area contributed by atoms with Crippen molar-refractivity contribution < 1.29 is 18.7 Å². The zero-order valence-corrected chi connectivity index (χ0v) is 18.6. The van der Waals surface area contributed by atoms with Gasteiger partial charge in [0.1, 0.15) is 11.5 Å². The molecule has 30 heavy (non-hydrogen) atoms. The molecule has 0 bridgehead atoms. The molecule has 1 atom stereocenters. The number of hydrazone groups is 1. The van der Waals surface area contributed by atoms with Crippen molar-refractivity contribution in [1.29, 1.82) is 0 Å². The van der Waals surface area contributed by atoms with Crippen molar-refractivity contribution in [2.45, 2.75) is 12.5 Å². The smallest absolute Gasteiger partial charge is 0.310 e. The summed E-state index contributed by atoms with van der Waals surface area (Å²) in [7, 11) is 3.19. The Bertz CT molecular complexity index is 1130. The number of ether oxygens (including phenoxy) is 2. The van der Waals surface area contributed by atoms with E-state index in [0.29, 0.717) is 33.3 Å². The minimum atomic E-state index is -0.388. The SMILES string of the molecule is COc1ccc(OC)c(C2=NN(C(=O)c3ccc(Br)o3)[C@@H](c3ccccc3Cl)C2)c1. The lowest BCUT2D eigenvalue weighted by molar-refractivity contribution is 0.0677. The van der Waals surface area contributed by atoms with E-state index in [4.69, 9.17) is 25.5 Å². The number of furan rings is 1. The number of carbonyl (C=O) groups is 1. The van der Waals surface area contributed by atoms with Gasteiger partial charge in [-0.3, -0.25) is 4.79 Å². The first-order valence-electron chi connectivity index (χ1n) is 9.15. The van der Waals surface area contributed by atoms with E-state index in [1.54, 1.807) is 32.4 Å². The number of hydrogen-bond donors (Lipinski definition) is 0. The van der Waals surface area contributed by atoms with E-state index in [0.717, 1.165) is 11.1 Å². The van der Waals surface area contributed by atoms with Gasteiger partial charge in [-0.2, -0.15) is 5.10 Å². The predicted molar refractivity (Wildman–Crippen MR) is 117 cm³/mol. The van der Waals surface area contributed by atoms with Crippen LogP contribution in [0.4, 0.5) is 0 Å². The molecular formula is C22H18BrClN2O4. The van der Waals surface area contributed by atoms with Gasteiger partial charge >= 0.3 is 5.91 Å². The fraction of sp³-hybridized carbons (Fsp3) is 0.182. The van der Waals surface area contributed by atoms with Crippen LogP contribution in [0, 0.1) is 0 Å². The van der Waals surface area contributed by atoms with Gasteiger partial charge in [0.25, 0.3) is 0 Å². The van der Waals surface area contributed by atoms with E-state index in [9.17, 15) is 4.79 Å². The first-order chi connectivity index (χ1) is 14.5. The Morgan fingerprint density at radius 1 is 1.17 bits per heavy atom. The normalized spacial score (nSPS) is 15.8. The monoisotopic (exact) mass is 488 g/mol. The molecule has 1 aliphatic heterocycles. The Hall–Kier alpha value is -2.77. The Morgan fingerprint density at radius 2 is 1.97 bits per heavy atom. The van der Waals surface area contributed by atoms with Gasteiger partial charge in [0.05, 0.1) is 26.0 Å². The van der Waals surface area contributed by atoms with Crippen LogP contribution in [-0.2, 0) is 0 Å². The van der Waals surface area contributed by atoms with Crippen LogP contribution in [0.2, 0.25) is 5.02 Å². The third-order valence-corrected chi connectivity index (χ3v) is 5.65. The topological polar surface area (TPSA) is 64.3 Å². The predicted octanol–water partition coefficient (Wildman–Crippen LogP) is 5.70. The molecule has 2 aromatic carbocycles. The van der Waals surface area contributed by atoms with Crippen LogP contribution < -0.4 is 9.47 Å². The Morgan fingerprint density at radius 3 is 2.63 bits per heavy atom. The molecule has 0 radical (unpaired) electrons. The fourth-order valence-corrected chi connectivity index (χ4v) is 4.00. The second-order valence-corrected chi connectivity index (χ2v) is 7.80. The number of hydrogen-bond acceptors (Lipinski definition) is 5. The molecule has 3 aromatic rings. The molecule has 2 heterocycles. The first kappa shape index (κ1) is 20.5. The second kappa shape index (κ2) is 8.53. The van der Waals surface area contributed by atoms with E-state index < -0.39 is 0 Å². The minimum Gasteiger partial charge on any atom is -0.497 e. The molecule has 0 spiro atoms. The van der Waals surface area contributed by atoms with Crippen LogP contribution in [0.3, 0.4) is 0 Å². The lowest BCUT2D eigenvalue weighted by Crippen LogP contribution is -2.27. The van der Waals surface area contributed by atoms with Gasteiger partial charge < -0.3 is 13.9 Å². The molecule has 1 aromatic heterocycles. The number of benzene rings is 2. The highest BCUT2D eigenvalue weighted by molar-refractivity contribution is 9.10. The van der Waals surface area contributed by atoms with Gasteiger partial charge in [-0.1, -0.05) is 29.8 Å². The average molecular weight is 490 g/mol. The van der Waals surface area contributed by atoms with Crippen molar-refractivity contribution in [3.05, 3.63) is 81.2 Å². The van der Waals surface area contributed by atoms with Crippen molar-refractivity contribution in [2.24, 2.45) is 5.10 Å². The highest BCUT2D eigenvalue weighted by Crippen LogP contribution is 2.39. The highest BCUT2D eigenvalue weighted by Gasteiger charge is 2.36. The van der Waals surface area contributed by atoms with Crippen molar-refractivity contribution >= 4 is 39.1 Å². The van der Waals surface area contributed by atoms with Crippen LogP contribution in [0.5, 0.6) is 11.5 Å². The lowest BCUT2D eigenvalue weighted by Gasteiger charge is -2.22. The summed E-state index contributed by atoms with van der Waals surface area (Å²) in [6.45, 7) is 0. The number of carbonyl (C=O) groups excluding carboxylic acids is 1. The third-order valence-electron chi connectivity index (χ3n) is 4.88. The summed E-state index contributed by atoms with van der Waals surface area (Å²) in [5.41, 5.74) is 2.25. The molecule has 4 rings (SSSR count). The average Bonchev–Trinajstić information content (AvgIpc) is 3.40. The molecule has 1 aliphatic rings. The Balaban J connectivity index is 1.80. The molecular weight excluding hydrogens is 472 g/mol. The second-order valence-electron chi connectivity index (χ2n) is 6.61. The number of halogens is 2. The zero-order chi connectivity index (χ0) is 21.3. The summed E-state index contributed by atoms with van der Waals surface area (Å²) >= 11 is 9.70. The molecule has 0 fully saturated rings. The van der Waals surface area contributed by atoms with Crippen LogP contribution in [0.1, 0.15) is 34.1 Å². The van der Waals surface area contributed by atoms with Gasteiger partial charge in [0, 0.05) is 17.0 Å². The molecule has 8 heteroatoms. The Kier molecular flexibility index (Phi) is 5.83. The largest absolute Gasteiger partial charge is 0.497 e. The summed E-state index contributed by atoms with van der Waals surface area (Å²) in [4.78, 5) is 13.2. The van der Waals surface area contributed by atoms with Crippen molar-refractivity contribution in [2.75, 3.05) is 14.2 Å². The minimum absolute atomic E-state index is 0.182. The summed E-state index contributed by atoms with van der Waals surface area (Å²) in [5.74, 6) is 1.13. The van der Waals surface area contributed by atoms with E-state index in [1.807, 2.05) is 36.4 Å². The van der Waals surface area contributed by atoms with Crippen LogP contribution in [0.25, 0.3) is 0 Å². The summed E-state index contributed by atoms with van der Waals surface area (Å²) in [6, 6.07) is 15.8. The van der Waals surface area contributed by atoms with Crippen LogP contribution >= 0.6 is 27.5 Å². The van der Waals surface area contributed by atoms with Crippen molar-refractivity contribution in [3.8, 4) is 11.5 Å². The third kappa shape index (κ3) is 3.82. The van der Waals surface area contributed by atoms with Gasteiger partial charge in [-0.15, -0.1) is 0 Å². The Labute approximate surface area is 187 Å². The maximum atomic E-state index is 13.2. The van der Waals surface area contributed by atoms with Crippen LogP contribution in [0.15, 0.2) is 68.8 Å². The summed E-state index contributed by atoms with van der Waals surface area (Å²) in [6.07, 6.45) is 0.459. The zero-order valence-electron chi connectivity index (χ0n) is 16.3. The maximum Gasteiger partial charge on any atom is 0.310 e. The number of methoxy groups -OCH3 is 2. The number of rotatable bonds is 5. The van der Waals surface area contributed by atoms with E-state index in [-0.39, 0.29) is 17.7 Å². The molecule has 0 unspecified atom stereocenters. The van der Waals surface area contributed by atoms with E-state index >= 15 is 0 Å². The molecule has 0 saturated carbocycles. The standard InChI is InChI=1S/C22H18BrClN2O4/c1-28-13-7-8-19(29-2)15(11-13)17-12-18(14-5-3-4-6-16(14)24)26(25-17)22(27)20-9-10-21(23)30-20/h3-11,18H,12H2,1-2H3/t18-/m1/s1. The van der Waals surface area contributed by atoms with Gasteiger partial charge in [0.15, 0.2) is 10.4 Å². The van der Waals surface area contributed by atoms with Crippen molar-refractivity contribution in [3.63, 3.8) is 0 Å². The number of amides is 1. The molecule has 0 saturated heterocycles. The molecule has 1 amide bonds. The number of nitrogens with zero attached hydrogens (tertiary/aromatic N) is 2. The molecule has 0 N–H and O–H groups in total.